The van der Waals surface area contributed by atoms with Gasteiger partial charge in [0.25, 0.3) is 0 Å². The summed E-state index contributed by atoms with van der Waals surface area (Å²) in [6.07, 6.45) is 4.43. The Hall–Kier alpha value is 0.230. The molecule has 17 heavy (non-hydrogen) atoms. The van der Waals surface area contributed by atoms with E-state index in [0.29, 0.717) is 6.04 Å². The minimum absolute atomic E-state index is 0.174. The fraction of sp³-hybridized carbons (Fsp3) is 1.00. The van der Waals surface area contributed by atoms with Gasteiger partial charge in [0.15, 0.2) is 0 Å². The van der Waals surface area contributed by atoms with Gasteiger partial charge in [0.2, 0.25) is 0 Å². The molecule has 3 fully saturated rings. The Balaban J connectivity index is 1.58. The van der Waals surface area contributed by atoms with Gasteiger partial charge in [-0.15, -0.1) is 0 Å². The van der Waals surface area contributed by atoms with Crippen LogP contribution in [0.4, 0.5) is 0 Å². The number of rotatable bonds is 2. The van der Waals surface area contributed by atoms with Gasteiger partial charge >= 0.3 is 0 Å². The predicted octanol–water partition coefficient (Wildman–Crippen LogP) is 1.50. The molecule has 1 N–H and O–H groups in total. The maximum absolute atomic E-state index is 10.1. The molecule has 0 aromatic heterocycles. The number of ether oxygens (including phenoxy) is 1. The Kier molecular flexibility index (Phi) is 3.18. The summed E-state index contributed by atoms with van der Waals surface area (Å²) in [5, 5.41) is 10.1. The van der Waals surface area contributed by atoms with Crippen LogP contribution in [0.15, 0.2) is 0 Å². The summed E-state index contributed by atoms with van der Waals surface area (Å²) >= 11 is 2.03. The summed E-state index contributed by atoms with van der Waals surface area (Å²) < 4.78 is 6.04. The summed E-state index contributed by atoms with van der Waals surface area (Å²) in [4.78, 5) is 2.47. The van der Waals surface area contributed by atoms with Crippen LogP contribution < -0.4 is 0 Å². The molecular weight excluding hydrogens is 234 g/mol. The average molecular weight is 257 g/mol. The Morgan fingerprint density at radius 2 is 2.29 bits per heavy atom. The molecule has 2 atom stereocenters. The summed E-state index contributed by atoms with van der Waals surface area (Å²) in [5.41, 5.74) is -0.219. The van der Waals surface area contributed by atoms with Crippen LogP contribution in [0, 0.1) is 0 Å². The van der Waals surface area contributed by atoms with Crippen molar-refractivity contribution in [1.82, 2.24) is 4.90 Å². The van der Waals surface area contributed by atoms with E-state index in [4.69, 9.17) is 4.74 Å². The largest absolute Gasteiger partial charge is 0.387 e. The zero-order valence-corrected chi connectivity index (χ0v) is 11.5. The second-order valence-corrected chi connectivity index (χ2v) is 7.07. The number of likely N-dealkylation sites (tertiary alicyclic amines) is 1. The maximum Gasteiger partial charge on any atom is 0.0897 e. The zero-order valence-electron chi connectivity index (χ0n) is 10.7. The van der Waals surface area contributed by atoms with Gasteiger partial charge in [-0.1, -0.05) is 6.92 Å². The number of nitrogens with zero attached hydrogens (tertiary/aromatic N) is 1. The van der Waals surface area contributed by atoms with Gasteiger partial charge in [-0.05, 0) is 31.4 Å². The quantitative estimate of drug-likeness (QED) is 0.812. The van der Waals surface area contributed by atoms with Crippen molar-refractivity contribution in [2.75, 3.05) is 31.2 Å². The Bertz CT molecular complexity index is 285. The molecule has 0 aliphatic carbocycles. The summed E-state index contributed by atoms with van der Waals surface area (Å²) in [6.45, 7) is 4.73. The highest BCUT2D eigenvalue weighted by Gasteiger charge is 2.47. The first-order valence-corrected chi connectivity index (χ1v) is 7.98. The summed E-state index contributed by atoms with van der Waals surface area (Å²) in [6, 6.07) is 0.647. The van der Waals surface area contributed by atoms with E-state index < -0.39 is 5.60 Å². The molecule has 4 heteroatoms. The van der Waals surface area contributed by atoms with Crippen LogP contribution in [0.3, 0.4) is 0 Å². The molecule has 0 amide bonds. The third-order valence-electron chi connectivity index (χ3n) is 4.70. The molecule has 0 aromatic rings. The predicted molar refractivity (Wildman–Crippen MR) is 70.5 cm³/mol. The van der Waals surface area contributed by atoms with Crippen molar-refractivity contribution in [3.8, 4) is 0 Å². The van der Waals surface area contributed by atoms with Crippen LogP contribution in [0.1, 0.15) is 32.6 Å². The van der Waals surface area contributed by atoms with Crippen LogP contribution >= 0.6 is 11.8 Å². The van der Waals surface area contributed by atoms with Gasteiger partial charge in [0.1, 0.15) is 0 Å². The van der Waals surface area contributed by atoms with Crippen molar-refractivity contribution in [2.24, 2.45) is 0 Å². The van der Waals surface area contributed by atoms with Crippen molar-refractivity contribution in [1.29, 1.82) is 0 Å². The van der Waals surface area contributed by atoms with E-state index in [0.717, 1.165) is 32.5 Å². The number of thioether (sulfide) groups is 1. The Morgan fingerprint density at radius 3 is 2.94 bits per heavy atom. The lowest BCUT2D eigenvalue weighted by Gasteiger charge is -2.53. The van der Waals surface area contributed by atoms with Crippen molar-refractivity contribution < 1.29 is 9.84 Å². The fourth-order valence-electron chi connectivity index (χ4n) is 3.37. The average Bonchev–Trinajstić information content (AvgIpc) is 2.73. The third kappa shape index (κ3) is 2.25. The molecular formula is C13H23NO2S. The molecule has 3 heterocycles. The molecule has 0 radical (unpaired) electrons. The molecule has 3 saturated heterocycles. The first kappa shape index (κ1) is 12.3. The normalized spacial score (nSPS) is 41.6. The molecule has 3 nitrogen and oxygen atoms in total. The topological polar surface area (TPSA) is 32.7 Å². The van der Waals surface area contributed by atoms with E-state index in [1.165, 1.54) is 24.3 Å². The first-order valence-electron chi connectivity index (χ1n) is 6.83. The monoisotopic (exact) mass is 257 g/mol. The van der Waals surface area contributed by atoms with Gasteiger partial charge in [-0.3, -0.25) is 4.90 Å². The van der Waals surface area contributed by atoms with Gasteiger partial charge in [-0.25, -0.2) is 0 Å². The van der Waals surface area contributed by atoms with E-state index in [-0.39, 0.29) is 5.60 Å². The highest BCUT2D eigenvalue weighted by Crippen LogP contribution is 2.41. The number of hydrogen-bond donors (Lipinski definition) is 1. The van der Waals surface area contributed by atoms with Gasteiger partial charge < -0.3 is 9.84 Å². The minimum Gasteiger partial charge on any atom is -0.387 e. The van der Waals surface area contributed by atoms with E-state index >= 15 is 0 Å². The summed E-state index contributed by atoms with van der Waals surface area (Å²) in [7, 11) is 0. The third-order valence-corrected chi connectivity index (χ3v) is 5.93. The molecule has 0 saturated carbocycles. The van der Waals surface area contributed by atoms with Crippen LogP contribution in [-0.2, 0) is 4.74 Å². The number of aliphatic hydroxyl groups is 1. The molecule has 2 unspecified atom stereocenters. The molecule has 0 bridgehead atoms. The maximum atomic E-state index is 10.1. The lowest BCUT2D eigenvalue weighted by Crippen LogP contribution is -2.66. The van der Waals surface area contributed by atoms with E-state index in [1.807, 2.05) is 11.8 Å². The summed E-state index contributed by atoms with van der Waals surface area (Å²) in [5.74, 6) is 2.43. The Labute approximate surface area is 108 Å². The van der Waals surface area contributed by atoms with Crippen molar-refractivity contribution >= 4 is 11.8 Å². The van der Waals surface area contributed by atoms with Crippen LogP contribution in [0.25, 0.3) is 0 Å². The highest BCUT2D eigenvalue weighted by atomic mass is 32.2. The molecule has 3 aliphatic rings. The molecule has 3 aliphatic heterocycles. The van der Waals surface area contributed by atoms with Crippen LogP contribution in [0.2, 0.25) is 0 Å². The number of hydrogen-bond acceptors (Lipinski definition) is 4. The molecule has 3 rings (SSSR count). The molecule has 98 valence electrons. The number of β-amino-alcohol motifs (C(OH)–C–C–N with tert-alkyl or cyclic N) is 1. The standard InChI is InChI=1S/C13H23NO2S/c1-2-12(15)8-14(9-12)11-3-5-16-13(7-11)4-6-17-10-13/h11,15H,2-10H2,1H3. The van der Waals surface area contributed by atoms with Crippen LogP contribution in [-0.4, -0.2) is 58.5 Å². The highest BCUT2D eigenvalue weighted by molar-refractivity contribution is 7.99. The first-order chi connectivity index (χ1) is 8.15. The second kappa shape index (κ2) is 4.41. The molecule has 1 spiro atoms. The lowest BCUT2D eigenvalue weighted by molar-refractivity contribution is -0.154. The lowest BCUT2D eigenvalue weighted by atomic mass is 9.83. The van der Waals surface area contributed by atoms with E-state index in [2.05, 4.69) is 11.8 Å². The van der Waals surface area contributed by atoms with Gasteiger partial charge in [0, 0.05) is 31.5 Å². The second-order valence-electron chi connectivity index (χ2n) is 5.96. The Morgan fingerprint density at radius 1 is 1.47 bits per heavy atom. The smallest absolute Gasteiger partial charge is 0.0897 e. The van der Waals surface area contributed by atoms with E-state index in [1.54, 1.807) is 0 Å². The van der Waals surface area contributed by atoms with Crippen molar-refractivity contribution in [3.05, 3.63) is 0 Å². The SMILES string of the molecule is CCC1(O)CN(C2CCOC3(CCSC3)C2)C1. The van der Waals surface area contributed by atoms with Gasteiger partial charge in [0.05, 0.1) is 11.2 Å². The van der Waals surface area contributed by atoms with E-state index in [9.17, 15) is 5.11 Å². The minimum atomic E-state index is -0.393. The van der Waals surface area contributed by atoms with Crippen molar-refractivity contribution in [2.45, 2.75) is 49.9 Å². The van der Waals surface area contributed by atoms with Gasteiger partial charge in [-0.2, -0.15) is 11.8 Å². The van der Waals surface area contributed by atoms with Crippen molar-refractivity contribution in [3.63, 3.8) is 0 Å². The fourth-order valence-corrected chi connectivity index (χ4v) is 4.75. The zero-order chi connectivity index (χ0) is 11.9. The van der Waals surface area contributed by atoms with Crippen LogP contribution in [0.5, 0.6) is 0 Å². The molecule has 0 aromatic carbocycles.